The van der Waals surface area contributed by atoms with Crippen LogP contribution in [0.25, 0.3) is 0 Å². The highest BCUT2D eigenvalue weighted by Crippen LogP contribution is 2.31. The summed E-state index contributed by atoms with van der Waals surface area (Å²) in [6.45, 7) is 5.24. The first-order valence-electron chi connectivity index (χ1n) is 4.45. The molecule has 3 heteroatoms. The van der Waals surface area contributed by atoms with Gasteiger partial charge in [-0.15, -0.1) is 0 Å². The molecule has 1 nitrogen and oxygen atoms in total. The van der Waals surface area contributed by atoms with Crippen molar-refractivity contribution >= 4 is 0 Å². The van der Waals surface area contributed by atoms with Gasteiger partial charge in [0.2, 0.25) is 5.92 Å². The van der Waals surface area contributed by atoms with Crippen LogP contribution in [0.2, 0.25) is 0 Å². The van der Waals surface area contributed by atoms with Gasteiger partial charge in [-0.3, -0.25) is 0 Å². The molecule has 1 unspecified atom stereocenters. The molecule has 0 amide bonds. The lowest BCUT2D eigenvalue weighted by atomic mass is 9.89. The van der Waals surface area contributed by atoms with E-state index in [0.29, 0.717) is 25.3 Å². The molecule has 0 aliphatic heterocycles. The molecule has 0 aliphatic carbocycles. The smallest absolute Gasteiger partial charge is 0.248 e. The highest BCUT2D eigenvalue weighted by molar-refractivity contribution is 4.73. The van der Waals surface area contributed by atoms with Crippen LogP contribution in [0.4, 0.5) is 8.78 Å². The zero-order valence-corrected chi connectivity index (χ0v) is 8.11. The predicted octanol–water partition coefficient (Wildman–Crippen LogP) is 2.65. The summed E-state index contributed by atoms with van der Waals surface area (Å²) in [7, 11) is 0. The molecule has 0 aromatic carbocycles. The van der Waals surface area contributed by atoms with Gasteiger partial charge < -0.3 is 5.73 Å². The van der Waals surface area contributed by atoms with E-state index < -0.39 is 11.8 Å². The Kier molecular flexibility index (Phi) is 4.68. The molecule has 0 spiro atoms. The van der Waals surface area contributed by atoms with E-state index in [1.54, 1.807) is 0 Å². The van der Waals surface area contributed by atoms with Crippen molar-refractivity contribution in [2.45, 2.75) is 39.5 Å². The van der Waals surface area contributed by atoms with Crippen LogP contribution in [0.1, 0.15) is 33.6 Å². The Labute approximate surface area is 73.3 Å². The van der Waals surface area contributed by atoms with Crippen molar-refractivity contribution in [3.8, 4) is 0 Å². The summed E-state index contributed by atoms with van der Waals surface area (Å²) < 4.78 is 25.8. The first-order valence-corrected chi connectivity index (χ1v) is 4.45. The van der Waals surface area contributed by atoms with Crippen molar-refractivity contribution in [2.24, 2.45) is 17.6 Å². The fourth-order valence-electron chi connectivity index (χ4n) is 1.35. The Hall–Kier alpha value is -0.180. The van der Waals surface area contributed by atoms with E-state index in [4.69, 9.17) is 5.73 Å². The Balaban J connectivity index is 4.04. The van der Waals surface area contributed by atoms with Crippen molar-refractivity contribution in [1.29, 1.82) is 0 Å². The van der Waals surface area contributed by atoms with E-state index in [9.17, 15) is 8.78 Å². The average Bonchev–Trinajstić information content (AvgIpc) is 1.83. The van der Waals surface area contributed by atoms with Crippen LogP contribution in [0.3, 0.4) is 0 Å². The Morgan fingerprint density at radius 3 is 2.08 bits per heavy atom. The quantitative estimate of drug-likeness (QED) is 0.689. The van der Waals surface area contributed by atoms with Crippen LogP contribution in [0, 0.1) is 11.8 Å². The van der Waals surface area contributed by atoms with Crippen molar-refractivity contribution in [3.05, 3.63) is 0 Å². The molecule has 0 fully saturated rings. The van der Waals surface area contributed by atoms with Crippen molar-refractivity contribution < 1.29 is 8.78 Å². The topological polar surface area (TPSA) is 26.0 Å². The SMILES string of the molecule is CC(C)CC(CCN)C(C)(F)F. The van der Waals surface area contributed by atoms with Gasteiger partial charge in [-0.05, 0) is 32.2 Å². The van der Waals surface area contributed by atoms with Crippen LogP contribution in [-0.2, 0) is 0 Å². The summed E-state index contributed by atoms with van der Waals surface area (Å²) in [5.74, 6) is -2.82. The van der Waals surface area contributed by atoms with Crippen molar-refractivity contribution in [2.75, 3.05) is 6.54 Å². The molecule has 0 rings (SSSR count). The summed E-state index contributed by atoms with van der Waals surface area (Å²) in [6.07, 6.45) is 0.975. The third-order valence-corrected chi connectivity index (χ3v) is 1.99. The highest BCUT2D eigenvalue weighted by atomic mass is 19.3. The highest BCUT2D eigenvalue weighted by Gasteiger charge is 2.33. The lowest BCUT2D eigenvalue weighted by Gasteiger charge is -2.24. The lowest BCUT2D eigenvalue weighted by Crippen LogP contribution is -2.28. The molecule has 0 aromatic heterocycles. The predicted molar refractivity (Wildman–Crippen MR) is 47.2 cm³/mol. The van der Waals surface area contributed by atoms with E-state index in [1.165, 1.54) is 0 Å². The first-order chi connectivity index (χ1) is 5.38. The minimum absolute atomic E-state index is 0.312. The van der Waals surface area contributed by atoms with Crippen LogP contribution < -0.4 is 5.73 Å². The number of rotatable bonds is 5. The van der Waals surface area contributed by atoms with Gasteiger partial charge in [0, 0.05) is 5.92 Å². The van der Waals surface area contributed by atoms with Crippen LogP contribution >= 0.6 is 0 Å². The Morgan fingerprint density at radius 1 is 1.33 bits per heavy atom. The second-order valence-corrected chi connectivity index (χ2v) is 3.86. The average molecular weight is 179 g/mol. The summed E-state index contributed by atoms with van der Waals surface area (Å²) in [6, 6.07) is 0. The van der Waals surface area contributed by atoms with E-state index in [1.807, 2.05) is 13.8 Å². The maximum absolute atomic E-state index is 12.9. The molecule has 0 radical (unpaired) electrons. The van der Waals surface area contributed by atoms with E-state index in [2.05, 4.69) is 0 Å². The third-order valence-electron chi connectivity index (χ3n) is 1.99. The molecule has 2 N–H and O–H groups in total. The summed E-state index contributed by atoms with van der Waals surface area (Å²) in [5.41, 5.74) is 5.27. The normalized spacial score (nSPS) is 15.2. The minimum atomic E-state index is -2.58. The second kappa shape index (κ2) is 4.75. The van der Waals surface area contributed by atoms with Gasteiger partial charge in [-0.2, -0.15) is 0 Å². The van der Waals surface area contributed by atoms with E-state index in [-0.39, 0.29) is 0 Å². The van der Waals surface area contributed by atoms with Crippen LogP contribution in [-0.4, -0.2) is 12.5 Å². The Morgan fingerprint density at radius 2 is 1.83 bits per heavy atom. The molecule has 0 aromatic rings. The van der Waals surface area contributed by atoms with E-state index in [0.717, 1.165) is 6.92 Å². The number of hydrogen-bond acceptors (Lipinski definition) is 1. The molecule has 0 aliphatic rings. The van der Waals surface area contributed by atoms with Gasteiger partial charge in [0.15, 0.2) is 0 Å². The molecular weight excluding hydrogens is 160 g/mol. The third kappa shape index (κ3) is 4.65. The van der Waals surface area contributed by atoms with Crippen LogP contribution in [0.5, 0.6) is 0 Å². The zero-order chi connectivity index (χ0) is 9.78. The fraction of sp³-hybridized carbons (Fsp3) is 1.00. The number of nitrogens with two attached hydrogens (primary N) is 1. The maximum Gasteiger partial charge on any atom is 0.248 e. The fourth-order valence-corrected chi connectivity index (χ4v) is 1.35. The van der Waals surface area contributed by atoms with Gasteiger partial charge >= 0.3 is 0 Å². The minimum Gasteiger partial charge on any atom is -0.330 e. The summed E-state index contributed by atoms with van der Waals surface area (Å²) in [4.78, 5) is 0. The van der Waals surface area contributed by atoms with Gasteiger partial charge in [0.25, 0.3) is 0 Å². The zero-order valence-electron chi connectivity index (χ0n) is 8.11. The standard InChI is InChI=1S/C9H19F2N/c1-7(2)6-8(4-5-12)9(3,10)11/h7-8H,4-6,12H2,1-3H3. The monoisotopic (exact) mass is 179 g/mol. The van der Waals surface area contributed by atoms with Crippen molar-refractivity contribution in [3.63, 3.8) is 0 Å². The van der Waals surface area contributed by atoms with Gasteiger partial charge in [-0.25, -0.2) is 8.78 Å². The molecule has 12 heavy (non-hydrogen) atoms. The van der Waals surface area contributed by atoms with Crippen molar-refractivity contribution in [1.82, 2.24) is 0 Å². The molecule has 0 bridgehead atoms. The molecule has 0 saturated carbocycles. The first kappa shape index (κ1) is 11.8. The lowest BCUT2D eigenvalue weighted by molar-refractivity contribution is -0.0492. The molecule has 1 atom stereocenters. The second-order valence-electron chi connectivity index (χ2n) is 3.86. The summed E-state index contributed by atoms with van der Waals surface area (Å²) in [5, 5.41) is 0. The summed E-state index contributed by atoms with van der Waals surface area (Å²) >= 11 is 0. The molecule has 0 heterocycles. The number of alkyl halides is 2. The molecule has 74 valence electrons. The Bertz CT molecular complexity index is 118. The van der Waals surface area contributed by atoms with Gasteiger partial charge in [0.05, 0.1) is 0 Å². The van der Waals surface area contributed by atoms with E-state index >= 15 is 0 Å². The number of hydrogen-bond donors (Lipinski definition) is 1. The van der Waals surface area contributed by atoms with Gasteiger partial charge in [-0.1, -0.05) is 13.8 Å². The van der Waals surface area contributed by atoms with Gasteiger partial charge in [0.1, 0.15) is 0 Å². The van der Waals surface area contributed by atoms with Crippen LogP contribution in [0.15, 0.2) is 0 Å². The largest absolute Gasteiger partial charge is 0.330 e. The maximum atomic E-state index is 12.9. The number of halogens is 2. The molecular formula is C9H19F2N. The molecule has 0 saturated heterocycles.